The van der Waals surface area contributed by atoms with Crippen LogP contribution >= 0.6 is 23.2 Å². The molecule has 1 N–H and O–H groups in total. The summed E-state index contributed by atoms with van der Waals surface area (Å²) >= 11 is 12.1. The summed E-state index contributed by atoms with van der Waals surface area (Å²) in [4.78, 5) is 27.6. The highest BCUT2D eigenvalue weighted by molar-refractivity contribution is 6.42. The Hall–Kier alpha value is -2.04. The van der Waals surface area contributed by atoms with Crippen LogP contribution in [-0.4, -0.2) is 28.8 Å². The molecule has 2 amide bonds. The third-order valence-electron chi connectivity index (χ3n) is 5.40. The van der Waals surface area contributed by atoms with E-state index in [2.05, 4.69) is 5.32 Å². The number of nitrogens with one attached hydrogen (secondary N) is 1. The summed E-state index contributed by atoms with van der Waals surface area (Å²) < 4.78 is 0. The highest BCUT2D eigenvalue weighted by Gasteiger charge is 2.28. The standard InChI is InChI=1S/C23H26Cl2N2O2/c1-16(23(29)26-19-9-5-6-10-19)27(15-17-7-3-2-4-8-17)22(28)14-18-11-12-20(24)21(25)13-18/h2-4,7-8,11-13,16,19H,5-6,9-10,14-15H2,1H3,(H,26,29)/t16-/m0/s1. The molecule has 0 bridgehead atoms. The van der Waals surface area contributed by atoms with Crippen molar-refractivity contribution in [2.75, 3.05) is 0 Å². The van der Waals surface area contributed by atoms with Crippen molar-refractivity contribution in [2.24, 2.45) is 0 Å². The van der Waals surface area contributed by atoms with Gasteiger partial charge in [-0.05, 0) is 43.0 Å². The van der Waals surface area contributed by atoms with E-state index in [1.54, 1.807) is 30.0 Å². The number of hydrogen-bond donors (Lipinski definition) is 1. The maximum absolute atomic E-state index is 13.2. The van der Waals surface area contributed by atoms with Gasteiger partial charge in [-0.15, -0.1) is 0 Å². The average molecular weight is 433 g/mol. The van der Waals surface area contributed by atoms with Crippen LogP contribution in [0.25, 0.3) is 0 Å². The van der Waals surface area contributed by atoms with Crippen molar-refractivity contribution < 1.29 is 9.59 Å². The fourth-order valence-electron chi connectivity index (χ4n) is 3.68. The maximum atomic E-state index is 13.2. The molecule has 0 aliphatic heterocycles. The summed E-state index contributed by atoms with van der Waals surface area (Å²) in [6.07, 6.45) is 4.46. The number of halogens is 2. The van der Waals surface area contributed by atoms with Crippen molar-refractivity contribution in [3.05, 3.63) is 69.7 Å². The maximum Gasteiger partial charge on any atom is 0.242 e. The smallest absolute Gasteiger partial charge is 0.242 e. The van der Waals surface area contributed by atoms with Crippen molar-refractivity contribution in [3.8, 4) is 0 Å². The highest BCUT2D eigenvalue weighted by Crippen LogP contribution is 2.24. The Morgan fingerprint density at radius 3 is 2.38 bits per heavy atom. The fourth-order valence-corrected chi connectivity index (χ4v) is 4.00. The molecule has 29 heavy (non-hydrogen) atoms. The van der Waals surface area contributed by atoms with Crippen molar-refractivity contribution in [2.45, 2.75) is 57.7 Å². The van der Waals surface area contributed by atoms with Crippen LogP contribution in [0.1, 0.15) is 43.7 Å². The van der Waals surface area contributed by atoms with E-state index in [9.17, 15) is 9.59 Å². The minimum atomic E-state index is -0.564. The van der Waals surface area contributed by atoms with Crippen LogP contribution in [0.4, 0.5) is 0 Å². The Morgan fingerprint density at radius 2 is 1.72 bits per heavy atom. The molecule has 0 aromatic heterocycles. The summed E-state index contributed by atoms with van der Waals surface area (Å²) in [6, 6.07) is 14.5. The van der Waals surface area contributed by atoms with Gasteiger partial charge in [-0.2, -0.15) is 0 Å². The Balaban J connectivity index is 1.76. The average Bonchev–Trinajstić information content (AvgIpc) is 3.22. The second-order valence-corrected chi connectivity index (χ2v) is 8.41. The van der Waals surface area contributed by atoms with Gasteiger partial charge in [0.1, 0.15) is 6.04 Å². The summed E-state index contributed by atoms with van der Waals surface area (Å²) in [5, 5.41) is 3.98. The molecule has 2 aromatic rings. The third kappa shape index (κ3) is 5.97. The van der Waals surface area contributed by atoms with Crippen molar-refractivity contribution in [3.63, 3.8) is 0 Å². The normalized spacial score (nSPS) is 15.1. The van der Waals surface area contributed by atoms with Crippen LogP contribution in [0.3, 0.4) is 0 Å². The molecule has 6 heteroatoms. The van der Waals surface area contributed by atoms with Crippen LogP contribution in [0.5, 0.6) is 0 Å². The van der Waals surface area contributed by atoms with Gasteiger partial charge < -0.3 is 10.2 Å². The van der Waals surface area contributed by atoms with E-state index in [0.717, 1.165) is 36.8 Å². The van der Waals surface area contributed by atoms with E-state index in [1.807, 2.05) is 30.3 Å². The van der Waals surface area contributed by atoms with Gasteiger partial charge in [-0.1, -0.05) is 72.4 Å². The van der Waals surface area contributed by atoms with E-state index in [0.29, 0.717) is 16.6 Å². The molecule has 1 saturated carbocycles. The SMILES string of the molecule is C[C@@H](C(=O)NC1CCCC1)N(Cc1ccccc1)C(=O)Cc1ccc(Cl)c(Cl)c1. The Bertz CT molecular complexity index is 851. The van der Waals surface area contributed by atoms with Crippen LogP contribution < -0.4 is 5.32 Å². The van der Waals surface area contributed by atoms with E-state index in [-0.39, 0.29) is 24.3 Å². The highest BCUT2D eigenvalue weighted by atomic mass is 35.5. The molecule has 1 atom stereocenters. The predicted octanol–water partition coefficient (Wildman–Crippen LogP) is 5.01. The fraction of sp³-hybridized carbons (Fsp3) is 0.391. The first-order valence-electron chi connectivity index (χ1n) is 10.0. The zero-order valence-corrected chi connectivity index (χ0v) is 18.0. The minimum Gasteiger partial charge on any atom is -0.352 e. The van der Waals surface area contributed by atoms with Crippen LogP contribution in [0.2, 0.25) is 10.0 Å². The van der Waals surface area contributed by atoms with Crippen molar-refractivity contribution >= 4 is 35.0 Å². The lowest BCUT2D eigenvalue weighted by Crippen LogP contribution is -2.50. The monoisotopic (exact) mass is 432 g/mol. The van der Waals surface area contributed by atoms with Gasteiger partial charge in [0.2, 0.25) is 11.8 Å². The van der Waals surface area contributed by atoms with Gasteiger partial charge in [-0.25, -0.2) is 0 Å². The number of carbonyl (C=O) groups is 2. The third-order valence-corrected chi connectivity index (χ3v) is 6.14. The van der Waals surface area contributed by atoms with Crippen molar-refractivity contribution in [1.29, 1.82) is 0 Å². The molecule has 0 radical (unpaired) electrons. The predicted molar refractivity (Wildman–Crippen MR) is 117 cm³/mol. The van der Waals surface area contributed by atoms with Crippen LogP contribution in [0, 0.1) is 0 Å². The van der Waals surface area contributed by atoms with E-state index >= 15 is 0 Å². The first-order valence-corrected chi connectivity index (χ1v) is 10.8. The molecule has 2 aromatic carbocycles. The summed E-state index contributed by atoms with van der Waals surface area (Å²) in [7, 11) is 0. The van der Waals surface area contributed by atoms with E-state index in [4.69, 9.17) is 23.2 Å². The van der Waals surface area contributed by atoms with E-state index in [1.165, 1.54) is 0 Å². The van der Waals surface area contributed by atoms with Gasteiger partial charge in [0.05, 0.1) is 16.5 Å². The van der Waals surface area contributed by atoms with Gasteiger partial charge in [0, 0.05) is 12.6 Å². The zero-order valence-electron chi connectivity index (χ0n) is 16.5. The molecular formula is C23H26Cl2N2O2. The lowest BCUT2D eigenvalue weighted by atomic mass is 10.1. The molecule has 4 nitrogen and oxygen atoms in total. The van der Waals surface area contributed by atoms with Gasteiger partial charge in [0.25, 0.3) is 0 Å². The molecular weight excluding hydrogens is 407 g/mol. The molecule has 0 unspecified atom stereocenters. The molecule has 1 fully saturated rings. The first-order chi connectivity index (χ1) is 13.9. The quantitative estimate of drug-likeness (QED) is 0.667. The number of hydrogen-bond acceptors (Lipinski definition) is 2. The molecule has 1 aliphatic carbocycles. The number of amides is 2. The summed E-state index contributed by atoms with van der Waals surface area (Å²) in [5.74, 6) is -0.225. The summed E-state index contributed by atoms with van der Waals surface area (Å²) in [5.41, 5.74) is 1.75. The molecule has 0 spiro atoms. The number of carbonyl (C=O) groups excluding carboxylic acids is 2. The largest absolute Gasteiger partial charge is 0.352 e. The van der Waals surface area contributed by atoms with E-state index < -0.39 is 6.04 Å². The molecule has 1 aliphatic rings. The van der Waals surface area contributed by atoms with Gasteiger partial charge in [0.15, 0.2) is 0 Å². The Kier molecular flexibility index (Phi) is 7.57. The molecule has 3 rings (SSSR count). The molecule has 0 saturated heterocycles. The second kappa shape index (κ2) is 10.1. The Morgan fingerprint density at radius 1 is 1.03 bits per heavy atom. The summed E-state index contributed by atoms with van der Waals surface area (Å²) in [6.45, 7) is 2.17. The topological polar surface area (TPSA) is 49.4 Å². The first kappa shape index (κ1) is 21.7. The van der Waals surface area contributed by atoms with Crippen molar-refractivity contribution in [1.82, 2.24) is 10.2 Å². The molecule has 154 valence electrons. The number of rotatable bonds is 7. The minimum absolute atomic E-state index is 0.102. The van der Waals surface area contributed by atoms with Gasteiger partial charge in [-0.3, -0.25) is 9.59 Å². The number of benzene rings is 2. The van der Waals surface area contributed by atoms with Crippen LogP contribution in [-0.2, 0) is 22.6 Å². The Labute approximate surface area is 182 Å². The zero-order chi connectivity index (χ0) is 20.8. The molecule has 0 heterocycles. The van der Waals surface area contributed by atoms with Crippen LogP contribution in [0.15, 0.2) is 48.5 Å². The lowest BCUT2D eigenvalue weighted by molar-refractivity contribution is -0.140. The van der Waals surface area contributed by atoms with Gasteiger partial charge >= 0.3 is 0 Å². The lowest BCUT2D eigenvalue weighted by Gasteiger charge is -2.30. The number of nitrogens with zero attached hydrogens (tertiary/aromatic N) is 1. The second-order valence-electron chi connectivity index (χ2n) is 7.60.